The van der Waals surface area contributed by atoms with Crippen LogP contribution in [0.3, 0.4) is 0 Å². The van der Waals surface area contributed by atoms with Crippen LogP contribution in [0.4, 0.5) is 0 Å². The highest BCUT2D eigenvalue weighted by Gasteiger charge is 2.54. The van der Waals surface area contributed by atoms with Gasteiger partial charge in [-0.3, -0.25) is 4.79 Å². The van der Waals surface area contributed by atoms with Gasteiger partial charge in [0.2, 0.25) is 0 Å². The molecule has 0 heterocycles. The first-order chi connectivity index (χ1) is 10.5. The number of carbonyl (C=O) groups is 2. The maximum atomic E-state index is 12.3. The molecule has 0 spiro atoms. The fourth-order valence-corrected chi connectivity index (χ4v) is 5.49. The quantitative estimate of drug-likeness (QED) is 0.857. The average molecular weight is 298 g/mol. The van der Waals surface area contributed by atoms with Crippen molar-refractivity contribution < 1.29 is 14.7 Å². The van der Waals surface area contributed by atoms with E-state index in [4.69, 9.17) is 5.11 Å². The van der Waals surface area contributed by atoms with Crippen LogP contribution in [-0.2, 0) is 11.2 Å². The molecular formula is C19H22O3. The zero-order chi connectivity index (χ0) is 15.5. The van der Waals surface area contributed by atoms with E-state index in [2.05, 4.69) is 6.92 Å². The number of Topliss-reactive ketones (excluding diaryl/α,β-unsaturated/α-hetero) is 1. The van der Waals surface area contributed by atoms with Crippen molar-refractivity contribution in [2.75, 3.05) is 0 Å². The second-order valence-electron chi connectivity index (χ2n) is 7.55. The lowest BCUT2D eigenvalue weighted by atomic mass is 9.55. The van der Waals surface area contributed by atoms with Crippen molar-refractivity contribution in [2.24, 2.45) is 17.3 Å². The van der Waals surface area contributed by atoms with Crippen molar-refractivity contribution in [1.29, 1.82) is 0 Å². The summed E-state index contributed by atoms with van der Waals surface area (Å²) >= 11 is 0. The molecule has 2 saturated carbocycles. The standard InChI is InChI=1S/C19H22O3/c1-19-9-8-14-13-4-3-12(18(21)22)10-11(13)2-5-15(14)16(19)6-7-17(19)20/h3-4,10,14-16H,2,5-9H2,1H3,(H,21,22)/t14-,15-,16+,19+/m1/s1. The Morgan fingerprint density at radius 1 is 1.23 bits per heavy atom. The van der Waals surface area contributed by atoms with Crippen molar-refractivity contribution in [3.8, 4) is 0 Å². The van der Waals surface area contributed by atoms with Gasteiger partial charge in [-0.25, -0.2) is 4.79 Å². The minimum atomic E-state index is -0.845. The molecule has 0 amide bonds. The van der Waals surface area contributed by atoms with E-state index in [1.807, 2.05) is 12.1 Å². The highest BCUT2D eigenvalue weighted by atomic mass is 16.4. The van der Waals surface area contributed by atoms with Crippen LogP contribution in [0.1, 0.15) is 66.4 Å². The number of carboxylic acid groups (broad SMARTS) is 1. The Morgan fingerprint density at radius 2 is 2.05 bits per heavy atom. The summed E-state index contributed by atoms with van der Waals surface area (Å²) in [5, 5.41) is 9.17. The third-order valence-electron chi connectivity index (χ3n) is 6.68. The molecule has 0 bridgehead atoms. The Balaban J connectivity index is 1.70. The predicted molar refractivity (Wildman–Crippen MR) is 83.0 cm³/mol. The molecule has 3 aliphatic carbocycles. The van der Waals surface area contributed by atoms with E-state index in [1.165, 1.54) is 11.1 Å². The van der Waals surface area contributed by atoms with Crippen LogP contribution >= 0.6 is 0 Å². The van der Waals surface area contributed by atoms with Crippen molar-refractivity contribution in [1.82, 2.24) is 0 Å². The number of aryl methyl sites for hydroxylation is 1. The van der Waals surface area contributed by atoms with E-state index < -0.39 is 5.97 Å². The van der Waals surface area contributed by atoms with Crippen LogP contribution in [0.5, 0.6) is 0 Å². The summed E-state index contributed by atoms with van der Waals surface area (Å²) in [5.74, 6) is 1.29. The molecule has 22 heavy (non-hydrogen) atoms. The van der Waals surface area contributed by atoms with Gasteiger partial charge in [0, 0.05) is 11.8 Å². The lowest BCUT2D eigenvalue weighted by Crippen LogP contribution is -2.42. The monoisotopic (exact) mass is 298 g/mol. The normalized spacial score (nSPS) is 36.4. The van der Waals surface area contributed by atoms with Crippen molar-refractivity contribution >= 4 is 11.8 Å². The van der Waals surface area contributed by atoms with E-state index in [9.17, 15) is 9.59 Å². The van der Waals surface area contributed by atoms with Crippen LogP contribution < -0.4 is 0 Å². The number of benzene rings is 1. The first-order valence-electron chi connectivity index (χ1n) is 8.40. The van der Waals surface area contributed by atoms with E-state index >= 15 is 0 Å². The third kappa shape index (κ3) is 1.81. The molecule has 3 aliphatic rings. The summed E-state index contributed by atoms with van der Waals surface area (Å²) in [6.45, 7) is 2.19. The molecule has 0 radical (unpaired) electrons. The second kappa shape index (κ2) is 4.68. The molecule has 116 valence electrons. The number of hydrogen-bond acceptors (Lipinski definition) is 2. The Kier molecular flexibility index (Phi) is 2.97. The van der Waals surface area contributed by atoms with Gasteiger partial charge in [0.25, 0.3) is 0 Å². The molecule has 2 fully saturated rings. The topological polar surface area (TPSA) is 54.4 Å². The maximum Gasteiger partial charge on any atom is 0.335 e. The van der Waals surface area contributed by atoms with Crippen LogP contribution in [0.2, 0.25) is 0 Å². The summed E-state index contributed by atoms with van der Waals surface area (Å²) in [7, 11) is 0. The number of carbonyl (C=O) groups excluding carboxylic acids is 1. The molecule has 3 nitrogen and oxygen atoms in total. The average Bonchev–Trinajstić information content (AvgIpc) is 2.82. The SMILES string of the molecule is C[C@]12CC[C@@H]3c4ccc(C(=O)O)cc4CC[C@H]3[C@@H]1CCC2=O. The molecule has 1 aromatic carbocycles. The van der Waals surface area contributed by atoms with Gasteiger partial charge in [-0.2, -0.15) is 0 Å². The van der Waals surface area contributed by atoms with E-state index in [-0.39, 0.29) is 5.41 Å². The zero-order valence-electron chi connectivity index (χ0n) is 13.0. The molecular weight excluding hydrogens is 276 g/mol. The summed E-state index contributed by atoms with van der Waals surface area (Å²) in [5.41, 5.74) is 2.88. The number of fused-ring (bicyclic) bond motifs is 5. The van der Waals surface area contributed by atoms with Gasteiger partial charge in [0.05, 0.1) is 5.56 Å². The van der Waals surface area contributed by atoms with Crippen LogP contribution in [0.15, 0.2) is 18.2 Å². The van der Waals surface area contributed by atoms with Crippen LogP contribution in [-0.4, -0.2) is 16.9 Å². The molecule has 0 unspecified atom stereocenters. The second-order valence-corrected chi connectivity index (χ2v) is 7.55. The highest BCUT2D eigenvalue weighted by Crippen LogP contribution is 2.59. The van der Waals surface area contributed by atoms with E-state index in [0.29, 0.717) is 29.1 Å². The number of aromatic carboxylic acids is 1. The molecule has 0 aliphatic heterocycles. The lowest BCUT2D eigenvalue weighted by Gasteiger charge is -2.48. The van der Waals surface area contributed by atoms with E-state index in [1.54, 1.807) is 6.07 Å². The Labute approximate surface area is 130 Å². The zero-order valence-corrected chi connectivity index (χ0v) is 13.0. The number of carboxylic acids is 1. The summed E-state index contributed by atoms with van der Waals surface area (Å²) in [6, 6.07) is 5.65. The fraction of sp³-hybridized carbons (Fsp3) is 0.579. The van der Waals surface area contributed by atoms with Crippen molar-refractivity contribution in [3.05, 3.63) is 34.9 Å². The molecule has 0 aromatic heterocycles. The van der Waals surface area contributed by atoms with Gasteiger partial charge >= 0.3 is 5.97 Å². The third-order valence-corrected chi connectivity index (χ3v) is 6.68. The minimum Gasteiger partial charge on any atom is -0.478 e. The van der Waals surface area contributed by atoms with Crippen LogP contribution in [0, 0.1) is 17.3 Å². The lowest BCUT2D eigenvalue weighted by molar-refractivity contribution is -0.129. The van der Waals surface area contributed by atoms with Crippen molar-refractivity contribution in [2.45, 2.75) is 51.4 Å². The molecule has 0 saturated heterocycles. The molecule has 1 aromatic rings. The smallest absolute Gasteiger partial charge is 0.335 e. The van der Waals surface area contributed by atoms with Crippen molar-refractivity contribution in [3.63, 3.8) is 0 Å². The largest absolute Gasteiger partial charge is 0.478 e. The number of ketones is 1. The van der Waals surface area contributed by atoms with E-state index in [0.717, 1.165) is 38.5 Å². The Morgan fingerprint density at radius 3 is 2.82 bits per heavy atom. The molecule has 4 rings (SSSR count). The Bertz CT molecular complexity index is 663. The van der Waals surface area contributed by atoms with Gasteiger partial charge in [-0.05, 0) is 73.1 Å². The van der Waals surface area contributed by atoms with Gasteiger partial charge in [-0.1, -0.05) is 13.0 Å². The predicted octanol–water partition coefficient (Wildman–Crippen LogP) is 3.81. The van der Waals surface area contributed by atoms with Gasteiger partial charge in [0.15, 0.2) is 0 Å². The molecule has 4 atom stereocenters. The highest BCUT2D eigenvalue weighted by molar-refractivity contribution is 5.88. The summed E-state index contributed by atoms with van der Waals surface area (Å²) < 4.78 is 0. The van der Waals surface area contributed by atoms with Gasteiger partial charge in [0.1, 0.15) is 5.78 Å². The molecule has 3 heteroatoms. The first kappa shape index (κ1) is 14.0. The minimum absolute atomic E-state index is 0.0837. The fourth-order valence-electron chi connectivity index (χ4n) is 5.49. The van der Waals surface area contributed by atoms with Gasteiger partial charge < -0.3 is 5.11 Å². The molecule has 1 N–H and O–H groups in total. The van der Waals surface area contributed by atoms with Gasteiger partial charge in [-0.15, -0.1) is 0 Å². The summed E-state index contributed by atoms with van der Waals surface area (Å²) in [6.07, 6.45) is 5.95. The number of hydrogen-bond donors (Lipinski definition) is 1. The Hall–Kier alpha value is -1.64. The first-order valence-corrected chi connectivity index (χ1v) is 8.40. The summed E-state index contributed by atoms with van der Waals surface area (Å²) in [4.78, 5) is 23.5. The maximum absolute atomic E-state index is 12.3. The van der Waals surface area contributed by atoms with Crippen LogP contribution in [0.25, 0.3) is 0 Å². The number of rotatable bonds is 1.